The molecule has 0 fully saturated rings. The highest BCUT2D eigenvalue weighted by Crippen LogP contribution is 2.31. The molecule has 0 amide bonds. The Kier molecular flexibility index (Phi) is 4.01. The van der Waals surface area contributed by atoms with Gasteiger partial charge < -0.3 is 14.9 Å². The van der Waals surface area contributed by atoms with Crippen molar-refractivity contribution in [2.45, 2.75) is 31.2 Å². The largest absolute Gasteiger partial charge is 0.462 e. The first-order chi connectivity index (χ1) is 7.70. The molecule has 0 aliphatic rings. The van der Waals surface area contributed by atoms with E-state index in [2.05, 4.69) is 0 Å². The molecule has 0 saturated carbocycles. The molecule has 1 unspecified atom stereocenters. The van der Waals surface area contributed by atoms with Crippen LogP contribution in [0.25, 0.3) is 0 Å². The van der Waals surface area contributed by atoms with Gasteiger partial charge in [-0.2, -0.15) is 0 Å². The Morgan fingerprint density at radius 1 is 1.47 bits per heavy atom. The molecule has 1 atom stereocenters. The van der Waals surface area contributed by atoms with E-state index in [4.69, 9.17) is 14.9 Å². The van der Waals surface area contributed by atoms with Crippen molar-refractivity contribution in [1.82, 2.24) is 0 Å². The molecule has 1 aromatic heterocycles. The molecule has 0 aliphatic carbocycles. The highest BCUT2D eigenvalue weighted by Gasteiger charge is 2.39. The van der Waals surface area contributed by atoms with Crippen molar-refractivity contribution in [2.24, 2.45) is 5.73 Å². The van der Waals surface area contributed by atoms with E-state index in [1.54, 1.807) is 33.1 Å². The average molecular weight is 261 g/mol. The molecule has 1 heterocycles. The summed E-state index contributed by atoms with van der Waals surface area (Å²) >= 11 is 0. The van der Waals surface area contributed by atoms with E-state index in [1.807, 2.05) is 0 Å². The fourth-order valence-corrected chi connectivity index (χ4v) is 1.93. The first-order valence-corrected chi connectivity index (χ1v) is 7.12. The molecule has 0 aromatic carbocycles. The second-order valence-corrected chi connectivity index (χ2v) is 7.19. The first-order valence-electron chi connectivity index (χ1n) is 5.23. The zero-order valence-electron chi connectivity index (χ0n) is 10.6. The summed E-state index contributed by atoms with van der Waals surface area (Å²) in [4.78, 5) is 0. The minimum Gasteiger partial charge on any atom is -0.462 e. The van der Waals surface area contributed by atoms with Crippen molar-refractivity contribution in [3.8, 4) is 0 Å². The van der Waals surface area contributed by atoms with Crippen molar-refractivity contribution < 1.29 is 17.6 Å². The third kappa shape index (κ3) is 2.88. The quantitative estimate of drug-likeness (QED) is 0.862. The summed E-state index contributed by atoms with van der Waals surface area (Å²) in [5, 5.41) is 0. The molecule has 0 spiro atoms. The summed E-state index contributed by atoms with van der Waals surface area (Å²) in [6.07, 6.45) is 1.17. The van der Waals surface area contributed by atoms with Gasteiger partial charge >= 0.3 is 0 Å². The molecule has 5 nitrogen and oxygen atoms in total. The zero-order valence-corrected chi connectivity index (χ0v) is 11.4. The van der Waals surface area contributed by atoms with Crippen LogP contribution in [0.15, 0.2) is 16.5 Å². The number of ether oxygens (including phenoxy) is 1. The average Bonchev–Trinajstić information content (AvgIpc) is 2.64. The summed E-state index contributed by atoms with van der Waals surface area (Å²) < 4.78 is 32.6. The third-order valence-corrected chi connectivity index (χ3v) is 5.15. The Morgan fingerprint density at radius 3 is 2.53 bits per heavy atom. The van der Waals surface area contributed by atoms with Gasteiger partial charge in [-0.05, 0) is 26.0 Å². The van der Waals surface area contributed by atoms with Gasteiger partial charge in [-0.3, -0.25) is 0 Å². The molecule has 0 saturated heterocycles. The zero-order chi connectivity index (χ0) is 13.3. The van der Waals surface area contributed by atoms with Crippen LogP contribution >= 0.6 is 0 Å². The SMILES string of the molecule is COCc1ccc(C(N)C(C)(C)S(C)(=O)=O)o1. The Labute approximate surface area is 102 Å². The number of furan rings is 1. The van der Waals surface area contributed by atoms with Crippen molar-refractivity contribution in [2.75, 3.05) is 13.4 Å². The minimum atomic E-state index is -3.27. The van der Waals surface area contributed by atoms with E-state index in [0.717, 1.165) is 0 Å². The number of hydrogen-bond acceptors (Lipinski definition) is 5. The molecule has 17 heavy (non-hydrogen) atoms. The van der Waals surface area contributed by atoms with Crippen molar-refractivity contribution in [1.29, 1.82) is 0 Å². The standard InChI is InChI=1S/C11H19NO4S/c1-11(2,17(4,13)14)10(12)9-6-5-8(16-9)7-15-3/h5-6,10H,7,12H2,1-4H3. The van der Waals surface area contributed by atoms with E-state index in [1.165, 1.54) is 6.26 Å². The van der Waals surface area contributed by atoms with Gasteiger partial charge in [0.05, 0.1) is 10.8 Å². The van der Waals surface area contributed by atoms with E-state index in [0.29, 0.717) is 18.1 Å². The Morgan fingerprint density at radius 2 is 2.06 bits per heavy atom. The van der Waals surface area contributed by atoms with Crippen LogP contribution in [0.4, 0.5) is 0 Å². The maximum Gasteiger partial charge on any atom is 0.154 e. The Bertz CT molecular complexity index is 475. The van der Waals surface area contributed by atoms with E-state index >= 15 is 0 Å². The van der Waals surface area contributed by atoms with Gasteiger partial charge in [0.1, 0.15) is 18.1 Å². The predicted molar refractivity (Wildman–Crippen MR) is 65.3 cm³/mol. The van der Waals surface area contributed by atoms with Crippen LogP contribution in [0, 0.1) is 0 Å². The lowest BCUT2D eigenvalue weighted by Crippen LogP contribution is -2.42. The molecule has 1 aromatic rings. The van der Waals surface area contributed by atoms with Gasteiger partial charge in [0.25, 0.3) is 0 Å². The van der Waals surface area contributed by atoms with Gasteiger partial charge in [-0.25, -0.2) is 8.42 Å². The molecule has 1 rings (SSSR count). The van der Waals surface area contributed by atoms with Crippen LogP contribution < -0.4 is 5.73 Å². The highest BCUT2D eigenvalue weighted by molar-refractivity contribution is 7.92. The van der Waals surface area contributed by atoms with Gasteiger partial charge in [0, 0.05) is 13.4 Å². The molecule has 0 aliphatic heterocycles. The van der Waals surface area contributed by atoms with E-state index < -0.39 is 20.6 Å². The summed E-state index contributed by atoms with van der Waals surface area (Å²) in [5.74, 6) is 1.08. The van der Waals surface area contributed by atoms with Crippen molar-refractivity contribution in [3.05, 3.63) is 23.7 Å². The molecule has 0 radical (unpaired) electrons. The lowest BCUT2D eigenvalue weighted by molar-refractivity contribution is 0.161. The lowest BCUT2D eigenvalue weighted by Gasteiger charge is -2.28. The van der Waals surface area contributed by atoms with Gasteiger partial charge in [-0.15, -0.1) is 0 Å². The van der Waals surface area contributed by atoms with Crippen LogP contribution in [-0.2, 0) is 21.2 Å². The fraction of sp³-hybridized carbons (Fsp3) is 0.636. The minimum absolute atomic E-state index is 0.339. The number of methoxy groups -OCH3 is 1. The summed E-state index contributed by atoms with van der Waals surface area (Å²) in [7, 11) is -1.71. The summed E-state index contributed by atoms with van der Waals surface area (Å²) in [6.45, 7) is 3.52. The molecular formula is C11H19NO4S. The van der Waals surface area contributed by atoms with E-state index in [9.17, 15) is 8.42 Å². The number of nitrogens with two attached hydrogens (primary N) is 1. The van der Waals surface area contributed by atoms with Crippen LogP contribution in [0.3, 0.4) is 0 Å². The first kappa shape index (κ1) is 14.2. The van der Waals surface area contributed by atoms with Crippen LogP contribution in [0.5, 0.6) is 0 Å². The summed E-state index contributed by atoms with van der Waals surface area (Å²) in [5.41, 5.74) is 5.95. The van der Waals surface area contributed by atoms with Gasteiger partial charge in [0.15, 0.2) is 9.84 Å². The maximum absolute atomic E-state index is 11.7. The highest BCUT2D eigenvalue weighted by atomic mass is 32.2. The lowest BCUT2D eigenvalue weighted by atomic mass is 10.0. The van der Waals surface area contributed by atoms with Crippen molar-refractivity contribution in [3.63, 3.8) is 0 Å². The molecule has 6 heteroatoms. The maximum atomic E-state index is 11.7. The molecule has 2 N–H and O–H groups in total. The van der Waals surface area contributed by atoms with Gasteiger partial charge in [0.2, 0.25) is 0 Å². The normalized spacial score (nSPS) is 14.9. The van der Waals surface area contributed by atoms with Crippen LogP contribution in [-0.4, -0.2) is 26.5 Å². The Hall–Kier alpha value is -0.850. The fourth-order valence-electron chi connectivity index (χ4n) is 1.35. The molecule has 98 valence electrons. The number of sulfone groups is 1. The Balaban J connectivity index is 3.00. The van der Waals surface area contributed by atoms with Crippen LogP contribution in [0.1, 0.15) is 31.4 Å². The number of rotatable bonds is 5. The van der Waals surface area contributed by atoms with Crippen molar-refractivity contribution >= 4 is 9.84 Å². The van der Waals surface area contributed by atoms with Gasteiger partial charge in [-0.1, -0.05) is 0 Å². The van der Waals surface area contributed by atoms with Crippen LogP contribution in [0.2, 0.25) is 0 Å². The van der Waals surface area contributed by atoms with E-state index in [-0.39, 0.29) is 0 Å². The monoisotopic (exact) mass is 261 g/mol. The smallest absolute Gasteiger partial charge is 0.154 e. The second-order valence-electron chi connectivity index (χ2n) is 4.59. The topological polar surface area (TPSA) is 82.5 Å². The molecule has 0 bridgehead atoms. The predicted octanol–water partition coefficient (Wildman–Crippen LogP) is 1.25. The number of hydrogen-bond donors (Lipinski definition) is 1. The third-order valence-electron chi connectivity index (χ3n) is 2.98. The molecular weight excluding hydrogens is 242 g/mol. The second kappa shape index (κ2) is 4.80. The summed E-state index contributed by atoms with van der Waals surface area (Å²) in [6, 6.07) is 2.71.